The van der Waals surface area contributed by atoms with Crippen molar-refractivity contribution in [2.45, 2.75) is 90.1 Å². The van der Waals surface area contributed by atoms with Crippen molar-refractivity contribution < 1.29 is 27.5 Å². The van der Waals surface area contributed by atoms with Crippen molar-refractivity contribution in [2.75, 3.05) is 0 Å². The molecule has 0 aliphatic heterocycles. The number of carboxylic acid groups (broad SMARTS) is 1. The summed E-state index contributed by atoms with van der Waals surface area (Å²) in [5.41, 5.74) is 0.288. The molecule has 0 radical (unpaired) electrons. The fraction of sp³-hybridized carbons (Fsp3) is 0.552. The second kappa shape index (κ2) is 13.1. The van der Waals surface area contributed by atoms with Crippen molar-refractivity contribution in [1.82, 2.24) is 0 Å². The topological polar surface area (TPSA) is 37.3 Å². The lowest BCUT2D eigenvalue weighted by molar-refractivity contribution is 0.0694. The first-order chi connectivity index (χ1) is 16.8. The number of hydrogen-bond acceptors (Lipinski definition) is 1. The molecule has 1 N–H and O–H groups in total. The van der Waals surface area contributed by atoms with Gasteiger partial charge in [-0.15, -0.1) is 0 Å². The number of hydrogen-bond donors (Lipinski definition) is 1. The van der Waals surface area contributed by atoms with Gasteiger partial charge in [0.15, 0.2) is 17.5 Å². The fourth-order valence-corrected chi connectivity index (χ4v) is 5.40. The Morgan fingerprint density at radius 2 is 1.60 bits per heavy atom. The molecule has 1 unspecified atom stereocenters. The fourth-order valence-electron chi connectivity index (χ4n) is 5.40. The molecule has 1 saturated carbocycles. The Hall–Kier alpha value is -2.37. The van der Waals surface area contributed by atoms with Crippen molar-refractivity contribution in [1.29, 1.82) is 0 Å². The van der Waals surface area contributed by atoms with Crippen molar-refractivity contribution >= 4 is 5.97 Å². The first-order valence-corrected chi connectivity index (χ1v) is 13.0. The van der Waals surface area contributed by atoms with Crippen LogP contribution in [-0.2, 0) is 6.42 Å². The van der Waals surface area contributed by atoms with Crippen molar-refractivity contribution in [3.8, 4) is 11.1 Å². The molecule has 0 amide bonds. The predicted octanol–water partition coefficient (Wildman–Crippen LogP) is 8.91. The quantitative estimate of drug-likeness (QED) is 0.182. The monoisotopic (exact) mass is 492 g/mol. The summed E-state index contributed by atoms with van der Waals surface area (Å²) in [5, 5.41) is 9.67. The Kier molecular flexibility index (Phi) is 10.2. The van der Waals surface area contributed by atoms with Gasteiger partial charge in [-0.05, 0) is 59.6 Å². The highest BCUT2D eigenvalue weighted by molar-refractivity contribution is 5.92. The highest BCUT2D eigenvalue weighted by Gasteiger charge is 2.30. The first-order valence-electron chi connectivity index (χ1n) is 13.0. The minimum atomic E-state index is -1.59. The highest BCUT2D eigenvalue weighted by Crippen LogP contribution is 2.37. The SMILES string of the molecule is CCCCCCCCC1CCC(C(F)Cc2c(C(=O)O)cccc2-c2cc(F)c(F)c(F)c2)CC1. The van der Waals surface area contributed by atoms with Gasteiger partial charge in [-0.2, -0.15) is 0 Å². The van der Waals surface area contributed by atoms with E-state index in [9.17, 15) is 23.1 Å². The van der Waals surface area contributed by atoms with Crippen molar-refractivity contribution in [3.05, 3.63) is 58.9 Å². The number of carbonyl (C=O) groups is 1. The predicted molar refractivity (Wildman–Crippen MR) is 131 cm³/mol. The van der Waals surface area contributed by atoms with Gasteiger partial charge in [0.1, 0.15) is 6.17 Å². The van der Waals surface area contributed by atoms with Gasteiger partial charge in [0.2, 0.25) is 0 Å². The van der Waals surface area contributed by atoms with E-state index in [4.69, 9.17) is 0 Å². The summed E-state index contributed by atoms with van der Waals surface area (Å²) in [6.45, 7) is 2.21. The number of unbranched alkanes of at least 4 members (excludes halogenated alkanes) is 5. The molecule has 2 nitrogen and oxygen atoms in total. The van der Waals surface area contributed by atoms with Crippen LogP contribution in [-0.4, -0.2) is 17.2 Å². The Balaban J connectivity index is 1.66. The normalized spacial score (nSPS) is 19.0. The molecule has 3 rings (SSSR count). The number of halogens is 4. The molecule has 192 valence electrons. The van der Waals surface area contributed by atoms with Gasteiger partial charge in [0.05, 0.1) is 5.56 Å². The Bertz CT molecular complexity index is 960. The third kappa shape index (κ3) is 7.31. The Labute approximate surface area is 205 Å². The zero-order valence-electron chi connectivity index (χ0n) is 20.5. The summed E-state index contributed by atoms with van der Waals surface area (Å²) >= 11 is 0. The van der Waals surface area contributed by atoms with Crippen LogP contribution < -0.4 is 0 Å². The smallest absolute Gasteiger partial charge is 0.335 e. The molecule has 1 fully saturated rings. The van der Waals surface area contributed by atoms with Gasteiger partial charge in [-0.1, -0.05) is 76.8 Å². The lowest BCUT2D eigenvalue weighted by Crippen LogP contribution is -2.25. The molecular weight excluding hydrogens is 456 g/mol. The summed E-state index contributed by atoms with van der Waals surface area (Å²) in [4.78, 5) is 11.8. The maximum atomic E-state index is 15.5. The molecule has 0 aromatic heterocycles. The molecule has 0 saturated heterocycles. The second-order valence-electron chi connectivity index (χ2n) is 9.95. The van der Waals surface area contributed by atoms with E-state index in [1.165, 1.54) is 63.1 Å². The third-order valence-corrected chi connectivity index (χ3v) is 7.47. The number of rotatable bonds is 12. The third-order valence-electron chi connectivity index (χ3n) is 7.47. The molecule has 1 aliphatic carbocycles. The van der Waals surface area contributed by atoms with Gasteiger partial charge in [-0.25, -0.2) is 22.4 Å². The van der Waals surface area contributed by atoms with E-state index in [0.29, 0.717) is 5.92 Å². The minimum absolute atomic E-state index is 0.00524. The van der Waals surface area contributed by atoms with Gasteiger partial charge in [-0.3, -0.25) is 0 Å². The molecule has 2 aromatic carbocycles. The molecule has 0 heterocycles. The number of aromatic carboxylic acids is 1. The average molecular weight is 493 g/mol. The maximum Gasteiger partial charge on any atom is 0.335 e. The first kappa shape index (κ1) is 27.2. The standard InChI is InChI=1S/C29H36F4O2/c1-2-3-4-5-6-7-9-19-12-14-20(15-13-19)25(30)18-24-22(10-8-11-23(24)29(34)35)21-16-26(31)28(33)27(32)17-21/h8,10-11,16-17,19-20,25H,2-7,9,12-15,18H2,1H3,(H,34,35). The van der Waals surface area contributed by atoms with E-state index in [1.807, 2.05) is 0 Å². The zero-order valence-corrected chi connectivity index (χ0v) is 20.5. The zero-order chi connectivity index (χ0) is 25.4. The molecular formula is C29H36F4O2. The molecule has 6 heteroatoms. The van der Waals surface area contributed by atoms with E-state index in [1.54, 1.807) is 0 Å². The van der Waals surface area contributed by atoms with Crippen LogP contribution in [0.4, 0.5) is 17.6 Å². The molecule has 0 bridgehead atoms. The highest BCUT2D eigenvalue weighted by atomic mass is 19.2. The van der Waals surface area contributed by atoms with E-state index in [2.05, 4.69) is 6.92 Å². The van der Waals surface area contributed by atoms with E-state index < -0.39 is 29.6 Å². The number of carboxylic acids is 1. The lowest BCUT2D eigenvalue weighted by Gasteiger charge is -2.31. The van der Waals surface area contributed by atoms with Gasteiger partial charge < -0.3 is 5.11 Å². The van der Waals surface area contributed by atoms with Gasteiger partial charge in [0.25, 0.3) is 0 Å². The van der Waals surface area contributed by atoms with E-state index in [-0.39, 0.29) is 34.6 Å². The molecule has 1 atom stereocenters. The maximum absolute atomic E-state index is 15.5. The van der Waals surface area contributed by atoms with Crippen LogP contribution in [0.15, 0.2) is 30.3 Å². The Morgan fingerprint density at radius 1 is 0.971 bits per heavy atom. The minimum Gasteiger partial charge on any atom is -0.478 e. The van der Waals surface area contributed by atoms with Crippen LogP contribution in [0.2, 0.25) is 0 Å². The van der Waals surface area contributed by atoms with Crippen LogP contribution in [0.3, 0.4) is 0 Å². The summed E-state index contributed by atoms with van der Waals surface area (Å²) in [6, 6.07) is 5.95. The summed E-state index contributed by atoms with van der Waals surface area (Å²) in [5.74, 6) is -5.12. The van der Waals surface area contributed by atoms with Gasteiger partial charge in [0, 0.05) is 6.42 Å². The summed E-state index contributed by atoms with van der Waals surface area (Å²) in [6.07, 6.45) is 10.8. The van der Waals surface area contributed by atoms with Crippen LogP contribution in [0.1, 0.15) is 93.5 Å². The van der Waals surface area contributed by atoms with Crippen molar-refractivity contribution in [2.24, 2.45) is 11.8 Å². The average Bonchev–Trinajstić information content (AvgIpc) is 2.84. The van der Waals surface area contributed by atoms with Crippen LogP contribution >= 0.6 is 0 Å². The molecule has 1 aliphatic rings. The van der Waals surface area contributed by atoms with Crippen LogP contribution in [0.25, 0.3) is 11.1 Å². The number of alkyl halides is 1. The Morgan fingerprint density at radius 3 is 2.23 bits per heavy atom. The van der Waals surface area contributed by atoms with Crippen LogP contribution in [0, 0.1) is 29.3 Å². The molecule has 35 heavy (non-hydrogen) atoms. The van der Waals surface area contributed by atoms with E-state index >= 15 is 4.39 Å². The molecule has 0 spiro atoms. The molecule has 2 aromatic rings. The van der Waals surface area contributed by atoms with Gasteiger partial charge >= 0.3 is 5.97 Å². The van der Waals surface area contributed by atoms with Crippen molar-refractivity contribution in [3.63, 3.8) is 0 Å². The summed E-state index contributed by atoms with van der Waals surface area (Å²) in [7, 11) is 0. The van der Waals surface area contributed by atoms with E-state index in [0.717, 1.165) is 37.8 Å². The lowest BCUT2D eigenvalue weighted by atomic mass is 9.76. The number of benzene rings is 2. The second-order valence-corrected chi connectivity index (χ2v) is 9.95. The summed E-state index contributed by atoms with van der Waals surface area (Å²) < 4.78 is 56.7. The largest absolute Gasteiger partial charge is 0.478 e. The van der Waals surface area contributed by atoms with Crippen LogP contribution in [0.5, 0.6) is 0 Å².